The third kappa shape index (κ3) is 3.28. The van der Waals surface area contributed by atoms with Gasteiger partial charge in [0.15, 0.2) is 17.2 Å². The lowest BCUT2D eigenvalue weighted by Gasteiger charge is -2.12. The maximum absolute atomic E-state index is 11.7. The lowest BCUT2D eigenvalue weighted by Crippen LogP contribution is -2.22. The van der Waals surface area contributed by atoms with Gasteiger partial charge in [-0.3, -0.25) is 4.79 Å². The van der Waals surface area contributed by atoms with Crippen molar-refractivity contribution in [3.8, 4) is 11.5 Å². The zero-order valence-electron chi connectivity index (χ0n) is 12.6. The molecule has 0 spiro atoms. The molecule has 0 fully saturated rings. The van der Waals surface area contributed by atoms with E-state index in [1.54, 1.807) is 39.3 Å². The van der Waals surface area contributed by atoms with Gasteiger partial charge in [0.05, 0.1) is 19.1 Å². The van der Waals surface area contributed by atoms with E-state index in [1.165, 1.54) is 11.8 Å². The summed E-state index contributed by atoms with van der Waals surface area (Å²) in [6, 6.07) is 10.9. The Balaban J connectivity index is 2.49. The monoisotopic (exact) mass is 317 g/mol. The summed E-state index contributed by atoms with van der Waals surface area (Å²) in [6.07, 6.45) is 0. The minimum Gasteiger partial charge on any atom is -0.495 e. The van der Waals surface area contributed by atoms with E-state index in [2.05, 4.69) is 5.11 Å². The smallest absolute Gasteiger partial charge is 0.175 e. The van der Waals surface area contributed by atoms with Crippen LogP contribution in [0.3, 0.4) is 0 Å². The Bertz CT molecular complexity index is 717. The van der Waals surface area contributed by atoms with Crippen LogP contribution in [0.2, 0.25) is 0 Å². The van der Waals surface area contributed by atoms with Crippen LogP contribution < -0.4 is 15.0 Å². The van der Waals surface area contributed by atoms with Crippen molar-refractivity contribution in [3.05, 3.63) is 42.0 Å². The van der Waals surface area contributed by atoms with E-state index in [1.807, 2.05) is 18.2 Å². The van der Waals surface area contributed by atoms with E-state index in [9.17, 15) is 4.79 Å². The minimum atomic E-state index is 0.0163. The van der Waals surface area contributed by atoms with E-state index in [0.717, 1.165) is 9.79 Å². The van der Waals surface area contributed by atoms with Crippen molar-refractivity contribution in [2.75, 3.05) is 14.2 Å². The van der Waals surface area contributed by atoms with Crippen molar-refractivity contribution in [2.24, 2.45) is 5.11 Å². The molecular formula is C16H17N2O3S+. The average molecular weight is 317 g/mol. The Hall–Kier alpha value is -2.34. The highest BCUT2D eigenvalue weighted by atomic mass is 32.2. The Labute approximate surface area is 133 Å². The first-order valence-corrected chi connectivity index (χ1v) is 7.37. The Morgan fingerprint density at radius 2 is 1.77 bits per heavy atom. The van der Waals surface area contributed by atoms with Crippen LogP contribution in [0.5, 0.6) is 11.5 Å². The SMILES string of the molecule is COc1cc(Sc2ccccc2C(C)=O)c(OC)cc1N=[NH2+]. The molecule has 2 N–H and O–H groups in total. The molecule has 0 aliphatic carbocycles. The number of rotatable bonds is 6. The summed E-state index contributed by atoms with van der Waals surface area (Å²) in [6.45, 7) is 1.55. The topological polar surface area (TPSA) is 73.5 Å². The Morgan fingerprint density at radius 1 is 1.09 bits per heavy atom. The zero-order chi connectivity index (χ0) is 16.1. The number of benzene rings is 2. The third-order valence-corrected chi connectivity index (χ3v) is 4.21. The first kappa shape index (κ1) is 16.0. The molecule has 0 aromatic heterocycles. The molecule has 2 rings (SSSR count). The molecule has 0 radical (unpaired) electrons. The van der Waals surface area contributed by atoms with Gasteiger partial charge < -0.3 is 9.47 Å². The molecule has 2 aromatic carbocycles. The van der Waals surface area contributed by atoms with Gasteiger partial charge in [0, 0.05) is 22.6 Å². The number of carbonyl (C=O) groups excluding carboxylic acids is 1. The average Bonchev–Trinajstić information content (AvgIpc) is 2.54. The van der Waals surface area contributed by atoms with Gasteiger partial charge in [0.25, 0.3) is 0 Å². The molecule has 0 unspecified atom stereocenters. The number of nitrogens with two attached hydrogens (primary N) is 1. The number of Topliss-reactive ketones (excluding diaryl/α,β-unsaturated/α-hetero) is 1. The molecule has 0 saturated heterocycles. The van der Waals surface area contributed by atoms with Crippen LogP contribution in [0.1, 0.15) is 17.3 Å². The van der Waals surface area contributed by atoms with E-state index < -0.39 is 0 Å². The molecule has 22 heavy (non-hydrogen) atoms. The second kappa shape index (κ2) is 7.09. The summed E-state index contributed by atoms with van der Waals surface area (Å²) in [5.74, 6) is 1.18. The minimum absolute atomic E-state index is 0.0163. The quantitative estimate of drug-likeness (QED) is 0.657. The Morgan fingerprint density at radius 3 is 2.36 bits per heavy atom. The molecule has 0 amide bonds. The van der Waals surface area contributed by atoms with Crippen molar-refractivity contribution in [3.63, 3.8) is 0 Å². The van der Waals surface area contributed by atoms with Gasteiger partial charge in [-0.2, -0.15) is 5.53 Å². The summed E-state index contributed by atoms with van der Waals surface area (Å²) in [5.41, 5.74) is 6.53. The fourth-order valence-corrected chi connectivity index (χ4v) is 3.11. The number of nitrogens with zero attached hydrogens (tertiary/aromatic N) is 1. The maximum Gasteiger partial charge on any atom is 0.175 e. The lowest BCUT2D eigenvalue weighted by atomic mass is 10.1. The van der Waals surface area contributed by atoms with Crippen molar-refractivity contribution < 1.29 is 19.8 Å². The van der Waals surface area contributed by atoms with Crippen LogP contribution in [-0.4, -0.2) is 20.0 Å². The maximum atomic E-state index is 11.7. The van der Waals surface area contributed by atoms with E-state index in [4.69, 9.17) is 15.0 Å². The first-order valence-electron chi connectivity index (χ1n) is 6.55. The number of ether oxygens (including phenoxy) is 2. The van der Waals surface area contributed by atoms with Crippen molar-refractivity contribution in [1.82, 2.24) is 0 Å². The van der Waals surface area contributed by atoms with Gasteiger partial charge in [-0.05, 0) is 18.1 Å². The molecule has 0 heterocycles. The standard InChI is InChI=1S/C16H16N2O3S/c1-10(19)11-6-4-5-7-15(11)22-16-9-13(20-2)12(18-17)8-14(16)21-3/h4-9,17H,1-3H3/p+1. The van der Waals surface area contributed by atoms with Crippen LogP contribution in [0, 0.1) is 0 Å². The summed E-state index contributed by atoms with van der Waals surface area (Å²) in [4.78, 5) is 13.4. The second-order valence-electron chi connectivity index (χ2n) is 4.46. The van der Waals surface area contributed by atoms with Crippen LogP contribution in [0.25, 0.3) is 0 Å². The predicted molar refractivity (Wildman–Crippen MR) is 84.1 cm³/mol. The normalized spacial score (nSPS) is 10.1. The van der Waals surface area contributed by atoms with Crippen molar-refractivity contribution in [1.29, 1.82) is 0 Å². The van der Waals surface area contributed by atoms with Gasteiger partial charge in [0.2, 0.25) is 0 Å². The number of ketones is 1. The summed E-state index contributed by atoms with van der Waals surface area (Å²) in [5, 5.41) is 3.68. The molecule has 0 aliphatic heterocycles. The van der Waals surface area contributed by atoms with E-state index >= 15 is 0 Å². The molecule has 5 nitrogen and oxygen atoms in total. The fraction of sp³-hybridized carbons (Fsp3) is 0.188. The number of methoxy groups -OCH3 is 2. The van der Waals surface area contributed by atoms with Gasteiger partial charge >= 0.3 is 0 Å². The molecule has 2 aromatic rings. The summed E-state index contributed by atoms with van der Waals surface area (Å²) in [7, 11) is 3.12. The van der Waals surface area contributed by atoms with Gasteiger partial charge in [0.1, 0.15) is 5.75 Å². The van der Waals surface area contributed by atoms with Gasteiger partial charge in [-0.25, -0.2) is 0 Å². The predicted octanol–water partition coefficient (Wildman–Crippen LogP) is 2.90. The van der Waals surface area contributed by atoms with E-state index in [-0.39, 0.29) is 5.78 Å². The van der Waals surface area contributed by atoms with Crippen molar-refractivity contribution >= 4 is 23.2 Å². The summed E-state index contributed by atoms with van der Waals surface area (Å²) < 4.78 is 10.7. The first-order chi connectivity index (χ1) is 10.6. The van der Waals surface area contributed by atoms with Gasteiger partial charge in [-0.1, -0.05) is 30.0 Å². The van der Waals surface area contributed by atoms with Crippen LogP contribution >= 0.6 is 11.8 Å². The van der Waals surface area contributed by atoms with Crippen LogP contribution in [0.4, 0.5) is 5.69 Å². The highest BCUT2D eigenvalue weighted by Gasteiger charge is 2.15. The molecule has 114 valence electrons. The molecule has 0 aliphatic rings. The number of carbonyl (C=O) groups is 1. The molecule has 0 bridgehead atoms. The molecule has 0 atom stereocenters. The molecule has 0 saturated carbocycles. The second-order valence-corrected chi connectivity index (χ2v) is 5.54. The molecule has 6 heteroatoms. The largest absolute Gasteiger partial charge is 0.495 e. The molecular weight excluding hydrogens is 300 g/mol. The Kier molecular flexibility index (Phi) is 5.16. The number of hydrogen-bond donors (Lipinski definition) is 1. The highest BCUT2D eigenvalue weighted by Crippen LogP contribution is 2.42. The third-order valence-electron chi connectivity index (χ3n) is 3.09. The number of hydrogen-bond acceptors (Lipinski definition) is 5. The van der Waals surface area contributed by atoms with E-state index in [0.29, 0.717) is 22.7 Å². The zero-order valence-corrected chi connectivity index (χ0v) is 13.4. The summed E-state index contributed by atoms with van der Waals surface area (Å²) >= 11 is 1.43. The van der Waals surface area contributed by atoms with Gasteiger partial charge in [-0.15, -0.1) is 0 Å². The highest BCUT2D eigenvalue weighted by molar-refractivity contribution is 7.99. The van der Waals surface area contributed by atoms with Crippen molar-refractivity contribution in [2.45, 2.75) is 16.7 Å². The lowest BCUT2D eigenvalue weighted by molar-refractivity contribution is -0.210. The van der Waals surface area contributed by atoms with Crippen LogP contribution in [-0.2, 0) is 0 Å². The fourth-order valence-electron chi connectivity index (χ4n) is 2.00. The van der Waals surface area contributed by atoms with Crippen LogP contribution in [0.15, 0.2) is 51.3 Å².